The van der Waals surface area contributed by atoms with Crippen molar-refractivity contribution < 1.29 is 18.7 Å². The third-order valence-corrected chi connectivity index (χ3v) is 6.85. The van der Waals surface area contributed by atoms with Crippen molar-refractivity contribution in [3.8, 4) is 5.75 Å². The summed E-state index contributed by atoms with van der Waals surface area (Å²) in [5.74, 6) is 0.382. The SMILES string of the molecule is O=NC(=O)C1CCN(c2ccc(NC(=O)c3nnc(Nc4ccc(OC5=CCCC(Cl)C=C5)cc4)o3)cn2)CC1. The van der Waals surface area contributed by atoms with Crippen LogP contribution in [0, 0.1) is 10.8 Å². The van der Waals surface area contributed by atoms with Gasteiger partial charge in [-0.2, -0.15) is 0 Å². The van der Waals surface area contributed by atoms with Gasteiger partial charge >= 0.3 is 17.8 Å². The molecule has 2 amide bonds. The van der Waals surface area contributed by atoms with Gasteiger partial charge in [0.1, 0.15) is 17.3 Å². The number of ether oxygens (including phenoxy) is 1. The molecular weight excluding hydrogens is 538 g/mol. The fraction of sp³-hybridized carbons (Fsp3) is 0.296. The number of aromatic nitrogens is 3. The third-order valence-electron chi connectivity index (χ3n) is 6.48. The molecule has 206 valence electrons. The number of allylic oxidation sites excluding steroid dienone is 3. The number of benzene rings is 1. The molecule has 1 atom stereocenters. The van der Waals surface area contributed by atoms with Gasteiger partial charge in [0.05, 0.1) is 17.3 Å². The Balaban J connectivity index is 1.12. The summed E-state index contributed by atoms with van der Waals surface area (Å²) in [5, 5.41) is 15.9. The zero-order valence-corrected chi connectivity index (χ0v) is 22.1. The summed E-state index contributed by atoms with van der Waals surface area (Å²) in [7, 11) is 0. The first-order valence-corrected chi connectivity index (χ1v) is 13.2. The monoisotopic (exact) mass is 563 g/mol. The maximum atomic E-state index is 12.6. The third kappa shape index (κ3) is 6.89. The molecule has 1 aliphatic carbocycles. The molecule has 1 saturated heterocycles. The van der Waals surface area contributed by atoms with E-state index in [2.05, 4.69) is 31.0 Å². The second kappa shape index (κ2) is 12.5. The van der Waals surface area contributed by atoms with Crippen molar-refractivity contribution in [3.05, 3.63) is 77.4 Å². The van der Waals surface area contributed by atoms with Crippen LogP contribution in [0.5, 0.6) is 5.75 Å². The van der Waals surface area contributed by atoms with Crippen LogP contribution in [-0.2, 0) is 4.79 Å². The Labute approximate surface area is 234 Å². The van der Waals surface area contributed by atoms with E-state index in [1.165, 1.54) is 6.20 Å². The number of alkyl halides is 1. The first kappa shape index (κ1) is 27.0. The summed E-state index contributed by atoms with van der Waals surface area (Å²) in [6.45, 7) is 1.17. The Morgan fingerprint density at radius 2 is 1.82 bits per heavy atom. The number of amides is 2. The summed E-state index contributed by atoms with van der Waals surface area (Å²) >= 11 is 6.15. The van der Waals surface area contributed by atoms with E-state index < -0.39 is 11.8 Å². The van der Waals surface area contributed by atoms with E-state index in [9.17, 15) is 14.5 Å². The number of nitrogens with zero attached hydrogens (tertiary/aromatic N) is 5. The number of nitroso groups, excluding NO2 is 1. The molecule has 1 aliphatic heterocycles. The normalized spacial score (nSPS) is 17.5. The lowest BCUT2D eigenvalue weighted by molar-refractivity contribution is -0.122. The molecule has 2 aromatic heterocycles. The molecule has 1 fully saturated rings. The predicted octanol–water partition coefficient (Wildman–Crippen LogP) is 5.19. The van der Waals surface area contributed by atoms with E-state index >= 15 is 0 Å². The van der Waals surface area contributed by atoms with Crippen molar-refractivity contribution in [2.75, 3.05) is 28.6 Å². The highest BCUT2D eigenvalue weighted by atomic mass is 35.5. The van der Waals surface area contributed by atoms with Gasteiger partial charge in [0, 0.05) is 29.9 Å². The van der Waals surface area contributed by atoms with Gasteiger partial charge in [-0.05, 0) is 74.2 Å². The van der Waals surface area contributed by atoms with Gasteiger partial charge in [-0.3, -0.25) is 9.59 Å². The molecule has 5 rings (SSSR count). The molecular formula is C27H26ClN7O5. The second-order valence-electron chi connectivity index (χ2n) is 9.27. The highest BCUT2D eigenvalue weighted by molar-refractivity contribution is 6.21. The van der Waals surface area contributed by atoms with E-state index in [0.29, 0.717) is 48.9 Å². The quantitative estimate of drug-likeness (QED) is 0.276. The van der Waals surface area contributed by atoms with E-state index in [4.69, 9.17) is 20.8 Å². The average molecular weight is 564 g/mol. The van der Waals surface area contributed by atoms with Crippen molar-refractivity contribution in [3.63, 3.8) is 0 Å². The van der Waals surface area contributed by atoms with Crippen molar-refractivity contribution >= 4 is 46.6 Å². The Hall–Kier alpha value is -4.58. The van der Waals surface area contributed by atoms with Gasteiger partial charge < -0.3 is 24.7 Å². The van der Waals surface area contributed by atoms with Crippen LogP contribution in [0.2, 0.25) is 0 Å². The van der Waals surface area contributed by atoms with Crippen LogP contribution >= 0.6 is 11.6 Å². The number of nitrogens with one attached hydrogen (secondary N) is 2. The molecule has 0 bridgehead atoms. The Kier molecular flexibility index (Phi) is 8.45. The minimum Gasteiger partial charge on any atom is -0.458 e. The largest absolute Gasteiger partial charge is 0.458 e. The van der Waals surface area contributed by atoms with Gasteiger partial charge in [0.2, 0.25) is 0 Å². The molecule has 3 aromatic rings. The van der Waals surface area contributed by atoms with Gasteiger partial charge in [-0.25, -0.2) is 4.98 Å². The zero-order chi connectivity index (χ0) is 27.9. The van der Waals surface area contributed by atoms with Crippen molar-refractivity contribution in [2.24, 2.45) is 11.1 Å². The molecule has 1 aromatic carbocycles. The van der Waals surface area contributed by atoms with Crippen LogP contribution in [-0.4, -0.2) is 45.5 Å². The van der Waals surface area contributed by atoms with Crippen LogP contribution in [0.3, 0.4) is 0 Å². The average Bonchev–Trinajstić information content (AvgIpc) is 3.36. The molecule has 40 heavy (non-hydrogen) atoms. The molecule has 3 heterocycles. The predicted molar refractivity (Wildman–Crippen MR) is 149 cm³/mol. The molecule has 1 unspecified atom stereocenters. The number of pyridine rings is 1. The summed E-state index contributed by atoms with van der Waals surface area (Å²) in [6, 6.07) is 10.7. The summed E-state index contributed by atoms with van der Waals surface area (Å²) < 4.78 is 11.4. The van der Waals surface area contributed by atoms with Crippen molar-refractivity contribution in [2.45, 2.75) is 31.1 Å². The van der Waals surface area contributed by atoms with Gasteiger partial charge in [-0.1, -0.05) is 11.2 Å². The van der Waals surface area contributed by atoms with Crippen LogP contribution in [0.25, 0.3) is 0 Å². The lowest BCUT2D eigenvalue weighted by Gasteiger charge is -2.31. The Morgan fingerprint density at radius 1 is 1.05 bits per heavy atom. The van der Waals surface area contributed by atoms with E-state index in [1.54, 1.807) is 36.4 Å². The highest BCUT2D eigenvalue weighted by Crippen LogP contribution is 2.25. The Morgan fingerprint density at radius 3 is 2.55 bits per heavy atom. The fourth-order valence-electron chi connectivity index (χ4n) is 4.32. The number of carbonyl (C=O) groups excluding carboxylic acids is 2. The molecule has 2 N–H and O–H groups in total. The van der Waals surface area contributed by atoms with Crippen LogP contribution in [0.4, 0.5) is 23.2 Å². The minimum atomic E-state index is -0.597. The van der Waals surface area contributed by atoms with E-state index in [-0.39, 0.29) is 23.2 Å². The smallest absolute Gasteiger partial charge is 0.320 e. The lowest BCUT2D eigenvalue weighted by atomic mass is 9.96. The number of rotatable bonds is 8. The number of carbonyl (C=O) groups is 2. The zero-order valence-electron chi connectivity index (χ0n) is 21.3. The maximum absolute atomic E-state index is 12.6. The minimum absolute atomic E-state index is 0.00458. The van der Waals surface area contributed by atoms with E-state index in [0.717, 1.165) is 18.6 Å². The standard InChI is InChI=1S/C27H26ClN7O5/c28-18-2-1-3-21(8-4-18)39-22-9-5-19(6-10-22)31-27-33-32-26(40-27)25(37)30-20-7-11-23(29-16-20)35-14-12-17(13-15-35)24(36)34-38/h3-11,16-18H,1-2,12-15H2,(H,30,37)(H,31,33). The number of hydrogen-bond donors (Lipinski definition) is 2. The fourth-order valence-corrected chi connectivity index (χ4v) is 4.52. The van der Waals surface area contributed by atoms with Crippen LogP contribution in [0.1, 0.15) is 36.4 Å². The molecule has 2 aliphatic rings. The summed E-state index contributed by atoms with van der Waals surface area (Å²) in [4.78, 5) is 40.9. The van der Waals surface area contributed by atoms with Gasteiger partial charge in [-0.15, -0.1) is 21.6 Å². The molecule has 13 heteroatoms. The molecule has 0 saturated carbocycles. The van der Waals surface area contributed by atoms with Crippen molar-refractivity contribution in [1.82, 2.24) is 15.2 Å². The van der Waals surface area contributed by atoms with Gasteiger partial charge in [0.25, 0.3) is 5.91 Å². The maximum Gasteiger partial charge on any atom is 0.320 e. The number of halogens is 1. The second-order valence-corrected chi connectivity index (χ2v) is 9.83. The first-order valence-electron chi connectivity index (χ1n) is 12.8. The Bertz CT molecular complexity index is 1410. The topological polar surface area (TPSA) is 152 Å². The summed E-state index contributed by atoms with van der Waals surface area (Å²) in [6.07, 6.45) is 10.1. The molecule has 12 nitrogen and oxygen atoms in total. The first-order chi connectivity index (χ1) is 19.5. The summed E-state index contributed by atoms with van der Waals surface area (Å²) in [5.41, 5.74) is 1.12. The highest BCUT2D eigenvalue weighted by Gasteiger charge is 2.26. The van der Waals surface area contributed by atoms with Crippen molar-refractivity contribution in [1.29, 1.82) is 0 Å². The molecule has 0 spiro atoms. The number of piperidine rings is 1. The van der Waals surface area contributed by atoms with Crippen LogP contribution in [0.15, 0.2) is 76.2 Å². The number of hydrogen-bond acceptors (Lipinski definition) is 10. The van der Waals surface area contributed by atoms with E-state index in [1.807, 2.05) is 23.1 Å². The molecule has 0 radical (unpaired) electrons. The lowest BCUT2D eigenvalue weighted by Crippen LogP contribution is -2.36. The van der Waals surface area contributed by atoms with Crippen LogP contribution < -0.4 is 20.3 Å². The number of anilines is 4. The van der Waals surface area contributed by atoms with Gasteiger partial charge in [0.15, 0.2) is 0 Å².